The molecule has 0 saturated heterocycles. The highest BCUT2D eigenvalue weighted by molar-refractivity contribution is 7.47. The zero-order valence-electron chi connectivity index (χ0n) is 75.0. The third-order valence-corrected chi connectivity index (χ3v) is 21.5. The van der Waals surface area contributed by atoms with Gasteiger partial charge in [-0.1, -0.05) is 383 Å². The Morgan fingerprint density at radius 3 is 0.706 bits per heavy atom. The number of allylic oxidation sites excluding steroid dienone is 30. The van der Waals surface area contributed by atoms with Crippen molar-refractivity contribution in [3.8, 4) is 0 Å². The molecule has 0 spiro atoms. The number of esters is 3. The molecular weight excluding hydrogens is 1530 g/mol. The molecule has 0 heterocycles. The van der Waals surface area contributed by atoms with E-state index in [4.69, 9.17) is 32.3 Å². The van der Waals surface area contributed by atoms with Crippen molar-refractivity contribution in [1.29, 1.82) is 0 Å². The first kappa shape index (κ1) is 114. The van der Waals surface area contributed by atoms with Crippen LogP contribution >= 0.6 is 15.6 Å². The number of carbonyl (C=O) groups excluding carboxylic acids is 3. The fraction of sp³-hybridized carbons (Fsp3) is 0.673. The van der Waals surface area contributed by atoms with Crippen LogP contribution in [0.15, 0.2) is 182 Å². The zero-order valence-corrected chi connectivity index (χ0v) is 76.8. The molecule has 680 valence electrons. The predicted molar refractivity (Wildman–Crippen MR) is 500 cm³/mol. The molecule has 0 amide bonds. The van der Waals surface area contributed by atoms with Crippen molar-refractivity contribution in [2.75, 3.05) is 39.6 Å². The summed E-state index contributed by atoms with van der Waals surface area (Å²) < 4.78 is 61.5. The number of unbranched alkanes of at least 4 members (excludes halogenated alkanes) is 35. The third-order valence-electron chi connectivity index (χ3n) is 19.6. The molecule has 0 rings (SSSR count). The molecule has 5 unspecified atom stereocenters. The van der Waals surface area contributed by atoms with Gasteiger partial charge in [-0.15, -0.1) is 0 Å². The SMILES string of the molecule is CC/C=C\C/C=C\C/C=C\C/C=C\C/C=C\C/C=C\CCCCCCCCC(=O)OCC(COP(=O)(O)OCC(O)COP(=O)(O)OCC(O)COC(=O)CCCCCCCCCCCCCCCCCCC/C=C\C/C=C\C/C=C\C/C=C\CCCCC)OC(=O)CCCCCCCCCCC/C=C\C/C=C\C/C=C\C/C=C\C/C=C\CC. The fourth-order valence-electron chi connectivity index (χ4n) is 12.5. The summed E-state index contributed by atoms with van der Waals surface area (Å²) in [7, 11) is -9.82. The van der Waals surface area contributed by atoms with Gasteiger partial charge in [0, 0.05) is 19.3 Å². The van der Waals surface area contributed by atoms with Gasteiger partial charge in [-0.05, 0) is 161 Å². The monoisotopic (exact) mass is 1700 g/mol. The van der Waals surface area contributed by atoms with Crippen molar-refractivity contribution in [3.63, 3.8) is 0 Å². The molecule has 0 aliphatic carbocycles. The Morgan fingerprint density at radius 1 is 0.244 bits per heavy atom. The van der Waals surface area contributed by atoms with Crippen LogP contribution in [0.4, 0.5) is 0 Å². The van der Waals surface area contributed by atoms with Gasteiger partial charge in [0.05, 0.1) is 26.4 Å². The number of aliphatic hydroxyl groups excluding tert-OH is 2. The number of phosphoric acid groups is 2. The zero-order chi connectivity index (χ0) is 86.5. The highest BCUT2D eigenvalue weighted by atomic mass is 31.2. The first-order valence-corrected chi connectivity index (χ1v) is 50.1. The first-order valence-electron chi connectivity index (χ1n) is 47.1. The molecule has 18 heteroatoms. The summed E-state index contributed by atoms with van der Waals surface area (Å²) in [5.41, 5.74) is 0. The van der Waals surface area contributed by atoms with Crippen LogP contribution in [0.2, 0.25) is 0 Å². The average molecular weight is 1700 g/mol. The van der Waals surface area contributed by atoms with Crippen molar-refractivity contribution in [2.24, 2.45) is 0 Å². The van der Waals surface area contributed by atoms with Crippen molar-refractivity contribution >= 4 is 33.6 Å². The van der Waals surface area contributed by atoms with E-state index in [0.717, 1.165) is 186 Å². The Hall–Kier alpha value is -5.35. The van der Waals surface area contributed by atoms with Gasteiger partial charge in [-0.2, -0.15) is 0 Å². The van der Waals surface area contributed by atoms with Gasteiger partial charge in [0.15, 0.2) is 6.10 Å². The van der Waals surface area contributed by atoms with Gasteiger partial charge < -0.3 is 34.2 Å². The second kappa shape index (κ2) is 91.8. The smallest absolute Gasteiger partial charge is 0.463 e. The minimum absolute atomic E-state index is 0.0870. The van der Waals surface area contributed by atoms with Crippen LogP contribution in [0.5, 0.6) is 0 Å². The van der Waals surface area contributed by atoms with E-state index >= 15 is 0 Å². The van der Waals surface area contributed by atoms with Crippen molar-refractivity contribution in [3.05, 3.63) is 182 Å². The van der Waals surface area contributed by atoms with Crippen molar-refractivity contribution in [1.82, 2.24) is 0 Å². The molecule has 0 fully saturated rings. The highest BCUT2D eigenvalue weighted by Crippen LogP contribution is 2.45. The molecule has 0 aromatic rings. The molecule has 0 aliphatic heterocycles. The molecule has 0 aliphatic rings. The number of phosphoric ester groups is 2. The van der Waals surface area contributed by atoms with E-state index in [1.165, 1.54) is 135 Å². The van der Waals surface area contributed by atoms with Crippen molar-refractivity contribution in [2.45, 2.75) is 399 Å². The van der Waals surface area contributed by atoms with Crippen LogP contribution in [0, 0.1) is 0 Å². The largest absolute Gasteiger partial charge is 0.472 e. The maximum Gasteiger partial charge on any atom is 0.472 e. The first-order chi connectivity index (χ1) is 58.2. The minimum atomic E-state index is -4.95. The molecule has 5 atom stereocenters. The van der Waals surface area contributed by atoms with Crippen LogP contribution in [0.1, 0.15) is 380 Å². The maximum atomic E-state index is 13.1. The molecule has 4 N–H and O–H groups in total. The summed E-state index contributed by atoms with van der Waals surface area (Å²) in [6.45, 7) is 2.44. The highest BCUT2D eigenvalue weighted by Gasteiger charge is 2.29. The Balaban J connectivity index is 4.62. The molecule has 0 radical (unpaired) electrons. The average Bonchev–Trinajstić information content (AvgIpc) is 0.899. The maximum absolute atomic E-state index is 13.1. The van der Waals surface area contributed by atoms with Crippen LogP contribution in [-0.4, -0.2) is 95.9 Å². The Labute approximate surface area is 725 Å². The summed E-state index contributed by atoms with van der Waals surface area (Å²) in [4.78, 5) is 59.1. The lowest BCUT2D eigenvalue weighted by Crippen LogP contribution is -2.30. The summed E-state index contributed by atoms with van der Waals surface area (Å²) in [5, 5.41) is 20.8. The van der Waals surface area contributed by atoms with E-state index in [-0.39, 0.29) is 19.3 Å². The Bertz CT molecular complexity index is 2890. The third kappa shape index (κ3) is 93.2. The van der Waals surface area contributed by atoms with E-state index in [9.17, 15) is 43.5 Å². The summed E-state index contributed by atoms with van der Waals surface area (Å²) in [5.74, 6) is -1.60. The normalized spacial score (nSPS) is 14.6. The van der Waals surface area contributed by atoms with E-state index in [1.807, 2.05) is 0 Å². The standard InChI is InChI=1S/C101H170O16P2/c1-4-7-10-13-16-19-22-25-28-31-34-37-40-43-44-45-46-47-48-49-50-53-55-57-60-63-66-69-72-75-78-81-84-87-99(104)111-90-96(102)91-113-118(107,108)114-92-97(103)93-115-119(109,110)116-95-98(117-101(106)89-86-83-80-77-74-71-68-65-62-59-56-52-42-39-36-33-30-27-24-21-18-15-12-9-6-3)94-112-100(105)88-85-82-79-76-73-70-67-64-61-58-54-51-41-38-35-32-29-26-23-20-17-14-11-8-5-2/h8-9,11-12,16-21,25-30,34-39,43-44,51-52,54,56,61,64,96-98,102-103H,4-7,10,13-15,22-24,31-33,40-42,45-50,53,55,57-60,62-63,65-95H2,1-3H3,(H,107,108)(H,109,110)/b11-8-,12-9-,19-16-,20-17-,21-18-,28-25-,29-26-,30-27-,37-34-,38-35-,39-36-,44-43-,54-51-,56-52-,64-61-. The Morgan fingerprint density at radius 2 is 0.445 bits per heavy atom. The number of carbonyl (C=O) groups is 3. The van der Waals surface area contributed by atoms with E-state index in [0.29, 0.717) is 19.3 Å². The number of hydrogen-bond donors (Lipinski definition) is 4. The van der Waals surface area contributed by atoms with Crippen LogP contribution in [0.3, 0.4) is 0 Å². The fourth-order valence-corrected chi connectivity index (χ4v) is 14.1. The molecular formula is C101H170O16P2. The van der Waals surface area contributed by atoms with E-state index < -0.39 is 91.5 Å². The van der Waals surface area contributed by atoms with Gasteiger partial charge >= 0.3 is 33.6 Å². The van der Waals surface area contributed by atoms with E-state index in [1.54, 1.807) is 0 Å². The number of rotatable bonds is 88. The molecule has 16 nitrogen and oxygen atoms in total. The number of hydrogen-bond acceptors (Lipinski definition) is 14. The van der Waals surface area contributed by atoms with E-state index in [2.05, 4.69) is 203 Å². The summed E-state index contributed by atoms with van der Waals surface area (Å²) in [6.07, 6.45) is 121. The van der Waals surface area contributed by atoms with Crippen LogP contribution in [0.25, 0.3) is 0 Å². The van der Waals surface area contributed by atoms with Crippen LogP contribution < -0.4 is 0 Å². The summed E-state index contributed by atoms with van der Waals surface area (Å²) in [6, 6.07) is 0. The Kier molecular flexibility index (Phi) is 87.7. The van der Waals surface area contributed by atoms with Gasteiger partial charge in [0.25, 0.3) is 0 Å². The molecule has 0 aromatic carbocycles. The second-order valence-corrected chi connectivity index (χ2v) is 34.0. The molecule has 0 saturated carbocycles. The summed E-state index contributed by atoms with van der Waals surface area (Å²) >= 11 is 0. The lowest BCUT2D eigenvalue weighted by molar-refractivity contribution is -0.161. The molecule has 119 heavy (non-hydrogen) atoms. The lowest BCUT2D eigenvalue weighted by Gasteiger charge is -2.21. The quantitative estimate of drug-likeness (QED) is 0.0146. The second-order valence-electron chi connectivity index (χ2n) is 31.0. The van der Waals surface area contributed by atoms with Gasteiger partial charge in [0.1, 0.15) is 25.4 Å². The van der Waals surface area contributed by atoms with Crippen LogP contribution in [-0.2, 0) is 55.8 Å². The number of aliphatic hydroxyl groups is 2. The minimum Gasteiger partial charge on any atom is -0.463 e. The molecule has 0 aromatic heterocycles. The predicted octanol–water partition coefficient (Wildman–Crippen LogP) is 29.2. The molecule has 0 bridgehead atoms. The van der Waals surface area contributed by atoms with Gasteiger partial charge in [-0.25, -0.2) is 9.13 Å². The number of ether oxygens (including phenoxy) is 3. The van der Waals surface area contributed by atoms with Gasteiger partial charge in [-0.3, -0.25) is 32.5 Å². The van der Waals surface area contributed by atoms with Gasteiger partial charge in [0.2, 0.25) is 0 Å². The van der Waals surface area contributed by atoms with Crippen molar-refractivity contribution < 1.29 is 75.8 Å². The lowest BCUT2D eigenvalue weighted by atomic mass is 10.0. The topological polar surface area (TPSA) is 231 Å².